The van der Waals surface area contributed by atoms with Crippen LogP contribution in [-0.2, 0) is 0 Å². The minimum atomic E-state index is 0.281. The molecule has 0 bridgehead atoms. The van der Waals surface area contributed by atoms with Crippen LogP contribution in [0.2, 0.25) is 0 Å². The number of rotatable bonds is 9. The molecule has 0 heterocycles. The molecule has 0 spiro atoms. The van der Waals surface area contributed by atoms with Crippen molar-refractivity contribution in [2.24, 2.45) is 5.92 Å². The molecule has 0 aliphatic carbocycles. The third-order valence-corrected chi connectivity index (χ3v) is 3.49. The maximum Gasteiger partial charge on any atom is 0.127 e. The second-order valence-corrected chi connectivity index (χ2v) is 5.55. The van der Waals surface area contributed by atoms with Gasteiger partial charge in [0.05, 0.1) is 19.8 Å². The van der Waals surface area contributed by atoms with Gasteiger partial charge in [0.1, 0.15) is 11.5 Å². The topological polar surface area (TPSA) is 30.5 Å². The van der Waals surface area contributed by atoms with Crippen LogP contribution in [0.4, 0.5) is 0 Å². The molecule has 1 N–H and O–H groups in total. The first kappa shape index (κ1) is 16.8. The van der Waals surface area contributed by atoms with Gasteiger partial charge in [-0.05, 0) is 43.9 Å². The average Bonchev–Trinajstić information content (AvgIpc) is 2.46. The van der Waals surface area contributed by atoms with Crippen LogP contribution in [0.1, 0.15) is 51.6 Å². The highest BCUT2D eigenvalue weighted by atomic mass is 16.5. The van der Waals surface area contributed by atoms with Crippen LogP contribution in [-0.4, -0.2) is 20.8 Å². The third kappa shape index (κ3) is 4.71. The maximum absolute atomic E-state index is 5.54. The molecule has 1 rings (SSSR count). The van der Waals surface area contributed by atoms with Crippen LogP contribution in [0.25, 0.3) is 0 Å². The van der Waals surface area contributed by atoms with Gasteiger partial charge < -0.3 is 14.8 Å². The van der Waals surface area contributed by atoms with Crippen molar-refractivity contribution in [2.45, 2.75) is 46.1 Å². The number of nitrogens with one attached hydrogen (secondary N) is 1. The first-order valence-corrected chi connectivity index (χ1v) is 7.58. The Hall–Kier alpha value is -1.22. The van der Waals surface area contributed by atoms with Crippen molar-refractivity contribution in [3.05, 3.63) is 23.8 Å². The largest absolute Gasteiger partial charge is 0.496 e. The van der Waals surface area contributed by atoms with E-state index >= 15 is 0 Å². The highest BCUT2D eigenvalue weighted by Gasteiger charge is 2.20. The fourth-order valence-electron chi connectivity index (χ4n) is 2.39. The van der Waals surface area contributed by atoms with E-state index in [0.29, 0.717) is 5.92 Å². The summed E-state index contributed by atoms with van der Waals surface area (Å²) in [7, 11) is 3.44. The molecule has 3 nitrogen and oxygen atoms in total. The predicted molar refractivity (Wildman–Crippen MR) is 84.7 cm³/mol. The SMILES string of the molecule is CCCNC(CCC(C)C)c1c(OC)cccc1OC. The monoisotopic (exact) mass is 279 g/mol. The summed E-state index contributed by atoms with van der Waals surface area (Å²) in [5.41, 5.74) is 1.14. The summed E-state index contributed by atoms with van der Waals surface area (Å²) in [6.45, 7) is 7.71. The molecule has 0 saturated carbocycles. The fourth-order valence-corrected chi connectivity index (χ4v) is 2.39. The van der Waals surface area contributed by atoms with Gasteiger partial charge in [0.2, 0.25) is 0 Å². The Kier molecular flexibility index (Phi) is 7.45. The lowest BCUT2D eigenvalue weighted by molar-refractivity contribution is 0.358. The van der Waals surface area contributed by atoms with Gasteiger partial charge in [-0.25, -0.2) is 0 Å². The van der Waals surface area contributed by atoms with E-state index in [-0.39, 0.29) is 6.04 Å². The van der Waals surface area contributed by atoms with Gasteiger partial charge in [0.15, 0.2) is 0 Å². The van der Waals surface area contributed by atoms with E-state index in [1.165, 1.54) is 6.42 Å². The normalized spacial score (nSPS) is 12.5. The van der Waals surface area contributed by atoms with E-state index in [1.54, 1.807) is 14.2 Å². The van der Waals surface area contributed by atoms with Gasteiger partial charge in [-0.1, -0.05) is 26.8 Å². The number of methoxy groups -OCH3 is 2. The van der Waals surface area contributed by atoms with Crippen molar-refractivity contribution in [1.82, 2.24) is 5.32 Å². The first-order valence-electron chi connectivity index (χ1n) is 7.58. The number of hydrogen-bond donors (Lipinski definition) is 1. The first-order chi connectivity index (χ1) is 9.63. The lowest BCUT2D eigenvalue weighted by atomic mass is 9.96. The summed E-state index contributed by atoms with van der Waals surface area (Å²) in [6.07, 6.45) is 3.40. The fraction of sp³-hybridized carbons (Fsp3) is 0.647. The van der Waals surface area contributed by atoms with Crippen molar-refractivity contribution in [3.8, 4) is 11.5 Å². The van der Waals surface area contributed by atoms with E-state index < -0.39 is 0 Å². The molecular weight excluding hydrogens is 250 g/mol. The highest BCUT2D eigenvalue weighted by molar-refractivity contribution is 5.47. The smallest absolute Gasteiger partial charge is 0.127 e. The maximum atomic E-state index is 5.54. The molecule has 114 valence electrons. The van der Waals surface area contributed by atoms with Crippen molar-refractivity contribution in [1.29, 1.82) is 0 Å². The Balaban J connectivity index is 3.03. The standard InChI is InChI=1S/C17H29NO2/c1-6-12-18-14(11-10-13(2)3)17-15(19-4)8-7-9-16(17)20-5/h7-9,13-14,18H,6,10-12H2,1-5H3. The Morgan fingerprint density at radius 3 is 2.10 bits per heavy atom. The summed E-state index contributed by atoms with van der Waals surface area (Å²) in [5.74, 6) is 2.50. The summed E-state index contributed by atoms with van der Waals surface area (Å²) in [6, 6.07) is 6.27. The summed E-state index contributed by atoms with van der Waals surface area (Å²) in [4.78, 5) is 0. The van der Waals surface area contributed by atoms with Crippen LogP contribution in [0, 0.1) is 5.92 Å². The lowest BCUT2D eigenvalue weighted by Crippen LogP contribution is -2.23. The highest BCUT2D eigenvalue weighted by Crippen LogP contribution is 2.36. The molecule has 0 aromatic heterocycles. The molecule has 1 aromatic rings. The molecule has 1 unspecified atom stereocenters. The number of benzene rings is 1. The van der Waals surface area contributed by atoms with Gasteiger partial charge >= 0.3 is 0 Å². The van der Waals surface area contributed by atoms with Gasteiger partial charge in [-0.2, -0.15) is 0 Å². The average molecular weight is 279 g/mol. The molecule has 1 atom stereocenters. The zero-order valence-electron chi connectivity index (χ0n) is 13.5. The third-order valence-electron chi connectivity index (χ3n) is 3.49. The Morgan fingerprint density at radius 2 is 1.65 bits per heavy atom. The number of ether oxygens (including phenoxy) is 2. The van der Waals surface area contributed by atoms with Crippen LogP contribution >= 0.6 is 0 Å². The summed E-state index contributed by atoms with van der Waals surface area (Å²) in [5, 5.41) is 3.63. The second-order valence-electron chi connectivity index (χ2n) is 5.55. The zero-order chi connectivity index (χ0) is 15.0. The summed E-state index contributed by atoms with van der Waals surface area (Å²) < 4.78 is 11.1. The van der Waals surface area contributed by atoms with Gasteiger partial charge in [-0.3, -0.25) is 0 Å². The van der Waals surface area contributed by atoms with E-state index in [0.717, 1.165) is 36.4 Å². The minimum absolute atomic E-state index is 0.281. The Bertz CT molecular complexity index is 368. The van der Waals surface area contributed by atoms with Crippen molar-refractivity contribution >= 4 is 0 Å². The number of hydrogen-bond acceptors (Lipinski definition) is 3. The van der Waals surface area contributed by atoms with E-state index in [1.807, 2.05) is 18.2 Å². The van der Waals surface area contributed by atoms with Gasteiger partial charge in [0.25, 0.3) is 0 Å². The molecular formula is C17H29NO2. The quantitative estimate of drug-likeness (QED) is 0.735. The van der Waals surface area contributed by atoms with E-state index in [9.17, 15) is 0 Å². The Labute approximate surface area is 123 Å². The summed E-state index contributed by atoms with van der Waals surface area (Å²) >= 11 is 0. The second kappa shape index (κ2) is 8.85. The van der Waals surface area contributed by atoms with Crippen molar-refractivity contribution in [2.75, 3.05) is 20.8 Å². The molecule has 20 heavy (non-hydrogen) atoms. The predicted octanol–water partition coefficient (Wildman–Crippen LogP) is 4.18. The molecule has 0 amide bonds. The van der Waals surface area contributed by atoms with Crippen LogP contribution < -0.4 is 14.8 Å². The molecule has 3 heteroatoms. The van der Waals surface area contributed by atoms with E-state index in [4.69, 9.17) is 9.47 Å². The van der Waals surface area contributed by atoms with Crippen LogP contribution in [0.15, 0.2) is 18.2 Å². The molecule has 0 aliphatic rings. The molecule has 1 aromatic carbocycles. The zero-order valence-corrected chi connectivity index (χ0v) is 13.5. The van der Waals surface area contributed by atoms with Crippen molar-refractivity contribution in [3.63, 3.8) is 0 Å². The lowest BCUT2D eigenvalue weighted by Gasteiger charge is -2.24. The molecule has 0 fully saturated rings. The van der Waals surface area contributed by atoms with Crippen LogP contribution in [0.5, 0.6) is 11.5 Å². The van der Waals surface area contributed by atoms with Crippen molar-refractivity contribution < 1.29 is 9.47 Å². The Morgan fingerprint density at radius 1 is 1.05 bits per heavy atom. The van der Waals surface area contributed by atoms with Crippen LogP contribution in [0.3, 0.4) is 0 Å². The minimum Gasteiger partial charge on any atom is -0.496 e. The molecule has 0 saturated heterocycles. The van der Waals surface area contributed by atoms with Gasteiger partial charge in [-0.15, -0.1) is 0 Å². The molecule has 0 aliphatic heterocycles. The van der Waals surface area contributed by atoms with Gasteiger partial charge in [0, 0.05) is 6.04 Å². The molecule has 0 radical (unpaired) electrons. The van der Waals surface area contributed by atoms with E-state index in [2.05, 4.69) is 26.1 Å².